The van der Waals surface area contributed by atoms with Crippen LogP contribution in [0.25, 0.3) is 5.69 Å². The number of likely N-dealkylation sites (tertiary alicyclic amines) is 1. The quantitative estimate of drug-likeness (QED) is 0.579. The molecule has 1 aromatic carbocycles. The molecule has 9 heteroatoms. The van der Waals surface area contributed by atoms with Gasteiger partial charge in [-0.3, -0.25) is 23.9 Å². The molecule has 1 aromatic heterocycles. The summed E-state index contributed by atoms with van der Waals surface area (Å²) in [4.78, 5) is 38.0. The van der Waals surface area contributed by atoms with Crippen molar-refractivity contribution < 1.29 is 14.0 Å². The first-order valence-electron chi connectivity index (χ1n) is 10.4. The zero-order chi connectivity index (χ0) is 22.0. The Morgan fingerprint density at radius 1 is 1.19 bits per heavy atom. The third-order valence-electron chi connectivity index (χ3n) is 5.77. The second-order valence-corrected chi connectivity index (χ2v) is 8.25. The van der Waals surface area contributed by atoms with Gasteiger partial charge < -0.3 is 16.4 Å². The van der Waals surface area contributed by atoms with E-state index in [0.29, 0.717) is 24.7 Å². The maximum absolute atomic E-state index is 14.6. The van der Waals surface area contributed by atoms with Gasteiger partial charge in [-0.2, -0.15) is 0 Å². The third kappa shape index (κ3) is 5.18. The molecule has 1 unspecified atom stereocenters. The van der Waals surface area contributed by atoms with E-state index < -0.39 is 23.7 Å². The van der Waals surface area contributed by atoms with Gasteiger partial charge in [0.1, 0.15) is 5.82 Å². The number of hydrogen-bond donors (Lipinski definition) is 3. The molecule has 2 aliphatic rings. The zero-order valence-electron chi connectivity index (χ0n) is 17.1. The second kappa shape index (κ2) is 8.99. The smallest absolute Gasteiger partial charge is 0.255 e. The minimum atomic E-state index is -0.652. The molecule has 0 bridgehead atoms. The molecule has 1 aliphatic carbocycles. The van der Waals surface area contributed by atoms with Crippen molar-refractivity contribution in [3.05, 3.63) is 58.8 Å². The number of amides is 2. The lowest BCUT2D eigenvalue weighted by molar-refractivity contribution is -0.123. The van der Waals surface area contributed by atoms with Crippen LogP contribution in [0, 0.1) is 11.7 Å². The highest BCUT2D eigenvalue weighted by Gasteiger charge is 2.37. The van der Waals surface area contributed by atoms with Crippen molar-refractivity contribution in [3.63, 3.8) is 0 Å². The monoisotopic (exact) mass is 427 g/mol. The first-order valence-corrected chi connectivity index (χ1v) is 10.4. The van der Waals surface area contributed by atoms with E-state index in [0.717, 1.165) is 6.54 Å². The number of carbonyl (C=O) groups excluding carboxylic acids is 2. The van der Waals surface area contributed by atoms with E-state index in [1.54, 1.807) is 29.3 Å². The molecule has 2 aromatic rings. The number of hydrogen-bond acceptors (Lipinski definition) is 5. The summed E-state index contributed by atoms with van der Waals surface area (Å²) < 4.78 is 15.9. The van der Waals surface area contributed by atoms with Gasteiger partial charge in [0.05, 0.1) is 24.0 Å². The summed E-state index contributed by atoms with van der Waals surface area (Å²) in [7, 11) is 0. The van der Waals surface area contributed by atoms with Crippen LogP contribution in [-0.2, 0) is 9.59 Å². The van der Waals surface area contributed by atoms with Crippen molar-refractivity contribution in [1.29, 1.82) is 0 Å². The Morgan fingerprint density at radius 3 is 2.68 bits per heavy atom. The molecular weight excluding hydrogens is 401 g/mol. The molecule has 4 N–H and O–H groups in total. The van der Waals surface area contributed by atoms with Gasteiger partial charge in [-0.25, -0.2) is 4.39 Å². The summed E-state index contributed by atoms with van der Waals surface area (Å²) in [5.74, 6) is -1.29. The summed E-state index contributed by atoms with van der Waals surface area (Å²) in [6.45, 7) is 1.33. The van der Waals surface area contributed by atoms with E-state index in [1.165, 1.54) is 35.6 Å². The molecule has 31 heavy (non-hydrogen) atoms. The molecule has 2 fully saturated rings. The second-order valence-electron chi connectivity index (χ2n) is 8.25. The lowest BCUT2D eigenvalue weighted by Gasteiger charge is -2.21. The molecule has 2 amide bonds. The predicted octanol–water partition coefficient (Wildman–Crippen LogP) is 0.843. The molecule has 0 spiro atoms. The van der Waals surface area contributed by atoms with E-state index in [2.05, 4.69) is 10.6 Å². The SMILES string of the molecule is NC(=O)C1C[C@@H](CNC2CC2)CN1CC(=O)Nc1ccc(-n2ccccc2=O)cc1F. The maximum atomic E-state index is 14.6. The van der Waals surface area contributed by atoms with E-state index in [1.807, 2.05) is 0 Å². The number of carbonyl (C=O) groups is 2. The van der Waals surface area contributed by atoms with E-state index in [9.17, 15) is 18.8 Å². The lowest BCUT2D eigenvalue weighted by atomic mass is 10.1. The number of halogens is 1. The Bertz CT molecular complexity index is 1040. The topological polar surface area (TPSA) is 109 Å². The number of benzene rings is 1. The number of nitrogens with two attached hydrogens (primary N) is 1. The number of anilines is 1. The lowest BCUT2D eigenvalue weighted by Crippen LogP contribution is -2.44. The molecule has 0 radical (unpaired) electrons. The van der Waals surface area contributed by atoms with Crippen LogP contribution in [0.1, 0.15) is 19.3 Å². The van der Waals surface area contributed by atoms with Crippen molar-refractivity contribution in [2.24, 2.45) is 11.7 Å². The number of aromatic nitrogens is 1. The minimum Gasteiger partial charge on any atom is -0.368 e. The Balaban J connectivity index is 1.39. The van der Waals surface area contributed by atoms with Crippen molar-refractivity contribution in [3.8, 4) is 5.69 Å². The maximum Gasteiger partial charge on any atom is 0.255 e. The van der Waals surface area contributed by atoms with E-state index in [4.69, 9.17) is 5.73 Å². The number of rotatable bonds is 8. The number of nitrogens with zero attached hydrogens (tertiary/aromatic N) is 2. The molecule has 1 saturated carbocycles. The van der Waals surface area contributed by atoms with Gasteiger partial charge in [-0.1, -0.05) is 6.07 Å². The summed E-state index contributed by atoms with van der Waals surface area (Å²) in [6.07, 6.45) is 4.52. The van der Waals surface area contributed by atoms with Crippen LogP contribution >= 0.6 is 0 Å². The Morgan fingerprint density at radius 2 is 2.00 bits per heavy atom. The summed E-state index contributed by atoms with van der Waals surface area (Å²) in [5, 5.41) is 6.00. The summed E-state index contributed by atoms with van der Waals surface area (Å²) in [6, 6.07) is 8.89. The molecule has 2 atom stereocenters. The van der Waals surface area contributed by atoms with Crippen LogP contribution in [0.4, 0.5) is 10.1 Å². The first-order chi connectivity index (χ1) is 14.9. The highest BCUT2D eigenvalue weighted by atomic mass is 19.1. The van der Waals surface area contributed by atoms with Gasteiger partial charge >= 0.3 is 0 Å². The average molecular weight is 427 g/mol. The average Bonchev–Trinajstić information content (AvgIpc) is 3.47. The fourth-order valence-corrected chi connectivity index (χ4v) is 4.01. The molecule has 8 nitrogen and oxygen atoms in total. The molecule has 1 aliphatic heterocycles. The van der Waals surface area contributed by atoms with Crippen molar-refractivity contribution in [2.75, 3.05) is 25.0 Å². The zero-order valence-corrected chi connectivity index (χ0v) is 17.1. The number of pyridine rings is 1. The van der Waals surface area contributed by atoms with Gasteiger partial charge in [0.25, 0.3) is 5.56 Å². The molecule has 164 valence electrons. The number of nitrogens with one attached hydrogen (secondary N) is 2. The highest BCUT2D eigenvalue weighted by molar-refractivity contribution is 5.93. The van der Waals surface area contributed by atoms with Crippen LogP contribution < -0.4 is 21.9 Å². The minimum absolute atomic E-state index is 0.0134. The van der Waals surface area contributed by atoms with Gasteiger partial charge in [-0.05, 0) is 49.9 Å². The Labute approximate surface area is 179 Å². The van der Waals surface area contributed by atoms with Crippen LogP contribution in [0.15, 0.2) is 47.4 Å². The molecule has 1 saturated heterocycles. The molecule has 2 heterocycles. The van der Waals surface area contributed by atoms with Gasteiger partial charge in [0.2, 0.25) is 11.8 Å². The fraction of sp³-hybridized carbons (Fsp3) is 0.409. The predicted molar refractivity (Wildman–Crippen MR) is 114 cm³/mol. The standard InChI is InChI=1S/C22H26FN5O3/c23-17-10-16(28-8-2-1-3-21(28)30)6-7-18(17)26-20(29)13-27-12-14(9-19(27)22(24)31)11-25-15-4-5-15/h1-3,6-8,10,14-15,19,25H,4-5,9,11-13H2,(H2,24,31)(H,26,29)/t14-,19?/m0/s1. The first kappa shape index (κ1) is 21.2. The van der Waals surface area contributed by atoms with Gasteiger partial charge in [-0.15, -0.1) is 0 Å². The van der Waals surface area contributed by atoms with Crippen molar-refractivity contribution in [2.45, 2.75) is 31.3 Å². The molecular formula is C22H26FN5O3. The summed E-state index contributed by atoms with van der Waals surface area (Å²) in [5.41, 5.74) is 5.63. The molecule has 4 rings (SSSR count). The normalized spacial score (nSPS) is 21.2. The van der Waals surface area contributed by atoms with E-state index >= 15 is 0 Å². The van der Waals surface area contributed by atoms with Crippen molar-refractivity contribution >= 4 is 17.5 Å². The fourth-order valence-electron chi connectivity index (χ4n) is 4.01. The van der Waals surface area contributed by atoms with Crippen molar-refractivity contribution in [1.82, 2.24) is 14.8 Å². The summed E-state index contributed by atoms with van der Waals surface area (Å²) >= 11 is 0. The van der Waals surface area contributed by atoms with Gasteiger partial charge in [0.15, 0.2) is 0 Å². The van der Waals surface area contributed by atoms with Crippen LogP contribution in [0.3, 0.4) is 0 Å². The third-order valence-corrected chi connectivity index (χ3v) is 5.77. The van der Waals surface area contributed by atoms with E-state index in [-0.39, 0.29) is 23.7 Å². The highest BCUT2D eigenvalue weighted by Crippen LogP contribution is 2.25. The Kier molecular flexibility index (Phi) is 6.15. The van der Waals surface area contributed by atoms with Crippen LogP contribution in [-0.4, -0.2) is 53.0 Å². The largest absolute Gasteiger partial charge is 0.368 e. The van der Waals surface area contributed by atoms with Crippen LogP contribution in [0.5, 0.6) is 0 Å². The van der Waals surface area contributed by atoms with Gasteiger partial charge in [0, 0.05) is 30.9 Å². The number of primary amides is 1. The van der Waals surface area contributed by atoms with Crippen LogP contribution in [0.2, 0.25) is 0 Å². The Hall–Kier alpha value is -3.04.